The van der Waals surface area contributed by atoms with Crippen molar-refractivity contribution in [2.75, 3.05) is 12.0 Å². The molecule has 0 fully saturated rings. The molecule has 3 N–H and O–H groups in total. The Bertz CT molecular complexity index is 692. The Morgan fingerprint density at radius 2 is 1.89 bits per heavy atom. The summed E-state index contributed by atoms with van der Waals surface area (Å²) in [4.78, 5) is 0. The van der Waals surface area contributed by atoms with Crippen LogP contribution in [-0.2, 0) is 9.84 Å². The molecule has 0 saturated carbocycles. The molecule has 0 aliphatic carbocycles. The predicted molar refractivity (Wildman–Crippen MR) is 76.7 cm³/mol. The number of benzene rings is 1. The van der Waals surface area contributed by atoms with Crippen LogP contribution in [0.3, 0.4) is 0 Å². The summed E-state index contributed by atoms with van der Waals surface area (Å²) in [5, 5.41) is 6.51. The average molecular weight is 300 g/mol. The summed E-state index contributed by atoms with van der Waals surface area (Å²) < 4.78 is 23.3. The second kappa shape index (κ2) is 4.86. The topological polar surface area (TPSA) is 88.8 Å². The fourth-order valence-electron chi connectivity index (χ4n) is 1.80. The summed E-state index contributed by atoms with van der Waals surface area (Å²) in [6.45, 7) is 1.60. The van der Waals surface area contributed by atoms with Crippen LogP contribution in [-0.4, -0.2) is 24.9 Å². The van der Waals surface area contributed by atoms with Crippen molar-refractivity contribution < 1.29 is 8.42 Å². The van der Waals surface area contributed by atoms with E-state index in [9.17, 15) is 8.42 Å². The maximum atomic E-state index is 11.7. The molecule has 2 aromatic rings. The summed E-state index contributed by atoms with van der Waals surface area (Å²) in [5.74, 6) is 0.271. The van der Waals surface area contributed by atoms with Crippen LogP contribution < -0.4 is 5.73 Å². The number of aromatic amines is 1. The minimum Gasteiger partial charge on any atom is -0.382 e. The number of sulfone groups is 1. The lowest BCUT2D eigenvalue weighted by Crippen LogP contribution is -2.09. The number of nitrogens with zero attached hydrogens (tertiary/aromatic N) is 1. The highest BCUT2D eigenvalue weighted by molar-refractivity contribution is 7.90. The molecule has 1 aromatic heterocycles. The number of rotatable bonds is 3. The smallest absolute Gasteiger partial charge is 0.155 e. The highest BCUT2D eigenvalue weighted by Crippen LogP contribution is 2.34. The van der Waals surface area contributed by atoms with Gasteiger partial charge in [-0.1, -0.05) is 23.7 Å². The Hall–Kier alpha value is -1.53. The van der Waals surface area contributed by atoms with E-state index >= 15 is 0 Å². The van der Waals surface area contributed by atoms with E-state index in [1.54, 1.807) is 31.2 Å². The number of anilines is 1. The zero-order valence-corrected chi connectivity index (χ0v) is 12.1. The Morgan fingerprint density at radius 3 is 2.42 bits per heavy atom. The van der Waals surface area contributed by atoms with E-state index in [1.165, 1.54) is 6.26 Å². The molecule has 102 valence electrons. The lowest BCUT2D eigenvalue weighted by Gasteiger charge is -2.10. The molecule has 5 nitrogen and oxygen atoms in total. The third-order valence-electron chi connectivity index (χ3n) is 3.00. The van der Waals surface area contributed by atoms with Gasteiger partial charge in [-0.2, -0.15) is 5.10 Å². The normalized spacial score (nSPS) is 13.4. The van der Waals surface area contributed by atoms with Crippen molar-refractivity contribution in [3.63, 3.8) is 0 Å². The van der Waals surface area contributed by atoms with Crippen LogP contribution in [0.1, 0.15) is 17.9 Å². The van der Waals surface area contributed by atoms with Gasteiger partial charge in [0, 0.05) is 16.8 Å². The van der Waals surface area contributed by atoms with Gasteiger partial charge in [0.1, 0.15) is 5.25 Å². The maximum Gasteiger partial charge on any atom is 0.155 e. The molecular formula is C12H14ClN3O2S. The van der Waals surface area contributed by atoms with Crippen molar-refractivity contribution in [2.45, 2.75) is 12.2 Å². The average Bonchev–Trinajstić information content (AvgIpc) is 2.70. The second-order valence-corrected chi connectivity index (χ2v) is 7.18. The summed E-state index contributed by atoms with van der Waals surface area (Å²) in [6, 6.07) is 7.00. The first-order valence-corrected chi connectivity index (χ1v) is 7.92. The predicted octanol–water partition coefficient (Wildman–Crippen LogP) is 2.42. The SMILES string of the molecule is CC(c1[nH]nc(N)c1-c1ccc(Cl)cc1)S(C)(=O)=O. The Kier molecular flexibility index (Phi) is 3.56. The highest BCUT2D eigenvalue weighted by atomic mass is 35.5. The van der Waals surface area contributed by atoms with Gasteiger partial charge in [-0.3, -0.25) is 5.10 Å². The Balaban J connectivity index is 2.58. The molecule has 2 rings (SSSR count). The number of nitrogens with one attached hydrogen (secondary N) is 1. The molecule has 1 aromatic carbocycles. The number of hydrogen-bond acceptors (Lipinski definition) is 4. The maximum absolute atomic E-state index is 11.7. The first-order valence-electron chi connectivity index (χ1n) is 5.59. The molecule has 0 bridgehead atoms. The summed E-state index contributed by atoms with van der Waals surface area (Å²) in [7, 11) is -3.23. The molecule has 19 heavy (non-hydrogen) atoms. The van der Waals surface area contributed by atoms with Crippen LogP contribution in [0.2, 0.25) is 5.02 Å². The van der Waals surface area contributed by atoms with Gasteiger partial charge in [-0.15, -0.1) is 0 Å². The second-order valence-electron chi connectivity index (χ2n) is 4.38. The third kappa shape index (κ3) is 2.74. The quantitative estimate of drug-likeness (QED) is 0.911. The van der Waals surface area contributed by atoms with Crippen molar-refractivity contribution in [3.8, 4) is 11.1 Å². The minimum atomic E-state index is -3.23. The van der Waals surface area contributed by atoms with Gasteiger partial charge < -0.3 is 5.73 Å². The van der Waals surface area contributed by atoms with Crippen LogP contribution in [0.5, 0.6) is 0 Å². The van der Waals surface area contributed by atoms with Gasteiger partial charge >= 0.3 is 0 Å². The van der Waals surface area contributed by atoms with Crippen LogP contribution >= 0.6 is 11.6 Å². The lowest BCUT2D eigenvalue weighted by molar-refractivity contribution is 0.591. The van der Waals surface area contributed by atoms with Crippen LogP contribution in [0.25, 0.3) is 11.1 Å². The van der Waals surface area contributed by atoms with E-state index in [2.05, 4.69) is 10.2 Å². The van der Waals surface area contributed by atoms with E-state index in [1.807, 2.05) is 0 Å². The van der Waals surface area contributed by atoms with E-state index < -0.39 is 15.1 Å². The van der Waals surface area contributed by atoms with Gasteiger partial charge in [-0.25, -0.2) is 8.42 Å². The van der Waals surface area contributed by atoms with E-state index in [4.69, 9.17) is 17.3 Å². The number of nitrogens with two attached hydrogens (primary N) is 1. The van der Waals surface area contributed by atoms with Crippen molar-refractivity contribution in [2.24, 2.45) is 0 Å². The molecule has 1 atom stereocenters. The number of hydrogen-bond donors (Lipinski definition) is 2. The van der Waals surface area contributed by atoms with Gasteiger partial charge in [-0.05, 0) is 24.6 Å². The van der Waals surface area contributed by atoms with Crippen LogP contribution in [0, 0.1) is 0 Å². The first-order chi connectivity index (χ1) is 8.80. The summed E-state index contributed by atoms with van der Waals surface area (Å²) in [5.41, 5.74) is 7.70. The highest BCUT2D eigenvalue weighted by Gasteiger charge is 2.25. The van der Waals surface area contributed by atoms with Crippen molar-refractivity contribution in [3.05, 3.63) is 35.0 Å². The zero-order valence-electron chi connectivity index (χ0n) is 10.5. The molecule has 1 unspecified atom stereocenters. The zero-order chi connectivity index (χ0) is 14.2. The molecule has 0 aliphatic heterocycles. The Labute approximate surface area is 116 Å². The summed E-state index contributed by atoms with van der Waals surface area (Å²) >= 11 is 5.84. The van der Waals surface area contributed by atoms with Gasteiger partial charge in [0.2, 0.25) is 0 Å². The molecule has 0 radical (unpaired) electrons. The molecule has 1 heterocycles. The first kappa shape index (κ1) is 13.9. The standard InChI is InChI=1S/C12H14ClN3O2S/c1-7(19(2,17)18)11-10(12(14)16-15-11)8-3-5-9(13)6-4-8/h3-7H,1-2H3,(H3,14,15,16). The molecule has 0 spiro atoms. The molecular weight excluding hydrogens is 286 g/mol. The van der Waals surface area contributed by atoms with E-state index in [-0.39, 0.29) is 5.82 Å². The van der Waals surface area contributed by atoms with Crippen molar-refractivity contribution in [1.82, 2.24) is 10.2 Å². The molecule has 7 heteroatoms. The largest absolute Gasteiger partial charge is 0.382 e. The number of halogens is 1. The van der Waals surface area contributed by atoms with Crippen molar-refractivity contribution >= 4 is 27.3 Å². The van der Waals surface area contributed by atoms with E-state index in [0.717, 1.165) is 5.56 Å². The van der Waals surface area contributed by atoms with E-state index in [0.29, 0.717) is 16.3 Å². The van der Waals surface area contributed by atoms with Crippen LogP contribution in [0.4, 0.5) is 5.82 Å². The van der Waals surface area contributed by atoms with Crippen LogP contribution in [0.15, 0.2) is 24.3 Å². The molecule has 0 saturated heterocycles. The fraction of sp³-hybridized carbons (Fsp3) is 0.250. The van der Waals surface area contributed by atoms with Gasteiger partial charge in [0.05, 0.1) is 5.69 Å². The summed E-state index contributed by atoms with van der Waals surface area (Å²) in [6.07, 6.45) is 1.18. The third-order valence-corrected chi connectivity index (χ3v) is 4.78. The number of aromatic nitrogens is 2. The monoisotopic (exact) mass is 299 g/mol. The van der Waals surface area contributed by atoms with Crippen molar-refractivity contribution in [1.29, 1.82) is 0 Å². The Morgan fingerprint density at radius 1 is 1.32 bits per heavy atom. The van der Waals surface area contributed by atoms with Gasteiger partial charge in [0.25, 0.3) is 0 Å². The number of H-pyrrole nitrogens is 1. The minimum absolute atomic E-state index is 0.271. The molecule has 0 amide bonds. The fourth-order valence-corrected chi connectivity index (χ4v) is 2.52. The van der Waals surface area contributed by atoms with Gasteiger partial charge in [0.15, 0.2) is 15.7 Å². The molecule has 0 aliphatic rings. The lowest BCUT2D eigenvalue weighted by atomic mass is 10.0. The number of nitrogen functional groups attached to an aromatic ring is 1.